The highest BCUT2D eigenvalue weighted by atomic mass is 32.2. The van der Waals surface area contributed by atoms with Crippen molar-refractivity contribution in [3.05, 3.63) is 48.1 Å². The van der Waals surface area contributed by atoms with Gasteiger partial charge in [0, 0.05) is 0 Å². The van der Waals surface area contributed by atoms with Crippen LogP contribution in [0.1, 0.15) is 0 Å². The van der Waals surface area contributed by atoms with Crippen LogP contribution in [0.2, 0.25) is 0 Å². The maximum Gasteiger partial charge on any atom is 0.261 e. The zero-order valence-electron chi connectivity index (χ0n) is 9.69. The molecule has 18 heavy (non-hydrogen) atoms. The molecule has 0 aromatic rings. The van der Waals surface area contributed by atoms with E-state index in [1.165, 1.54) is 28.6 Å². The number of allylic oxidation sites excluding steroid dienone is 4. The number of hydrogen-bond donors (Lipinski definition) is 2. The topological polar surface area (TPSA) is 77.8 Å². The minimum absolute atomic E-state index is 0.0420. The average Bonchev–Trinajstić information content (AvgIpc) is 2.34. The third-order valence-corrected chi connectivity index (χ3v) is 4.75. The van der Waals surface area contributed by atoms with Gasteiger partial charge in [0.1, 0.15) is 0 Å². The first-order valence-corrected chi connectivity index (χ1v) is 7.40. The van der Waals surface area contributed by atoms with Crippen molar-refractivity contribution in [2.24, 2.45) is 0 Å². The largest absolute Gasteiger partial charge is 0.395 e. The van der Waals surface area contributed by atoms with Gasteiger partial charge < -0.3 is 5.11 Å². The summed E-state index contributed by atoms with van der Waals surface area (Å²) in [6, 6.07) is 0. The van der Waals surface area contributed by atoms with Gasteiger partial charge in [-0.05, 0) is 12.2 Å². The van der Waals surface area contributed by atoms with Crippen molar-refractivity contribution in [2.75, 3.05) is 13.2 Å². The lowest BCUT2D eigenvalue weighted by Crippen LogP contribution is -2.43. The van der Waals surface area contributed by atoms with E-state index in [2.05, 4.69) is 13.2 Å². The van der Waals surface area contributed by atoms with Gasteiger partial charge in [-0.25, -0.2) is 4.21 Å². The van der Waals surface area contributed by atoms with Gasteiger partial charge >= 0.3 is 0 Å². The highest BCUT2D eigenvalue weighted by Gasteiger charge is 2.34. The van der Waals surface area contributed by atoms with Gasteiger partial charge in [-0.1, -0.05) is 25.3 Å². The molecule has 1 heterocycles. The maximum atomic E-state index is 12.2. The predicted molar refractivity (Wildman–Crippen MR) is 73.1 cm³/mol. The molecule has 0 radical (unpaired) electrons. The second kappa shape index (κ2) is 6.79. The number of aliphatic hydroxyl groups excluding tert-OH is 1. The average molecular weight is 289 g/mol. The van der Waals surface area contributed by atoms with Crippen LogP contribution in [0.5, 0.6) is 0 Å². The molecule has 1 saturated heterocycles. The molecule has 2 unspecified atom stereocenters. The Balaban J connectivity index is 3.31. The zero-order chi connectivity index (χ0) is 13.7. The minimum Gasteiger partial charge on any atom is -0.395 e. The van der Waals surface area contributed by atoms with Crippen LogP contribution in [0.25, 0.3) is 0 Å². The first-order valence-electron chi connectivity index (χ1n) is 5.12. The van der Waals surface area contributed by atoms with Gasteiger partial charge in [-0.2, -0.15) is 0 Å². The second-order valence-corrected chi connectivity index (χ2v) is 6.05. The molecule has 0 aromatic heterocycles. The van der Waals surface area contributed by atoms with Crippen LogP contribution < -0.4 is 0 Å². The van der Waals surface area contributed by atoms with Gasteiger partial charge in [0.25, 0.3) is 11.3 Å². The molecule has 1 aliphatic heterocycles. The van der Waals surface area contributed by atoms with Gasteiger partial charge in [-0.15, -0.1) is 0 Å². The fourth-order valence-corrected chi connectivity index (χ4v) is 3.75. The van der Waals surface area contributed by atoms with Crippen LogP contribution in [0.3, 0.4) is 0 Å². The number of hydrogen-bond acceptors (Lipinski definition) is 3. The highest BCUT2D eigenvalue weighted by molar-refractivity contribution is 7.90. The molecule has 0 bridgehead atoms. The monoisotopic (exact) mass is 289 g/mol. The molecular formula is C11H15NO4S2. The number of aliphatic hydroxyl groups is 1. The summed E-state index contributed by atoms with van der Waals surface area (Å²) >= 11 is -2.25. The summed E-state index contributed by atoms with van der Waals surface area (Å²) in [6.07, 6.45) is 5.91. The van der Waals surface area contributed by atoms with E-state index in [-0.39, 0.29) is 13.2 Å². The summed E-state index contributed by atoms with van der Waals surface area (Å²) in [5, 5.41) is 8.57. The first kappa shape index (κ1) is 15.0. The van der Waals surface area contributed by atoms with Crippen molar-refractivity contribution >= 4 is 22.1 Å². The Morgan fingerprint density at radius 2 is 2.06 bits per heavy atom. The SMILES string of the molecule is C=CC=C1/C(=C\C=C)S(=O)[C@@H](CO)CN1S(=O)O. The highest BCUT2D eigenvalue weighted by Crippen LogP contribution is 2.29. The Bertz CT molecular complexity index is 456. The minimum atomic E-state index is -2.25. The van der Waals surface area contributed by atoms with E-state index in [9.17, 15) is 18.1 Å². The molecule has 3 atom stereocenters. The second-order valence-electron chi connectivity index (χ2n) is 3.45. The third kappa shape index (κ3) is 3.05. The van der Waals surface area contributed by atoms with Gasteiger partial charge in [-0.3, -0.25) is 13.1 Å². The van der Waals surface area contributed by atoms with E-state index in [1.54, 1.807) is 0 Å². The van der Waals surface area contributed by atoms with E-state index in [1.807, 2.05) is 0 Å². The van der Waals surface area contributed by atoms with Gasteiger partial charge in [0.05, 0.1) is 39.8 Å². The standard InChI is InChI=1S/C11H15NO4S2/c1-3-5-10-11(6-4-2)17(14)9(8-13)7-12(10)18(15)16/h3-6,9,13H,1-2,7-8H2,(H,15,16)/b10-5?,11-6+/t9-,17?/m1/s1. The van der Waals surface area contributed by atoms with Crippen molar-refractivity contribution in [3.8, 4) is 0 Å². The summed E-state index contributed by atoms with van der Waals surface area (Å²) in [5.41, 5.74) is 0.355. The molecule has 5 nitrogen and oxygen atoms in total. The summed E-state index contributed by atoms with van der Waals surface area (Å²) < 4.78 is 33.9. The Morgan fingerprint density at radius 1 is 1.44 bits per heavy atom. The van der Waals surface area contributed by atoms with E-state index in [4.69, 9.17) is 0 Å². The molecule has 0 saturated carbocycles. The van der Waals surface area contributed by atoms with Crippen LogP contribution in [-0.4, -0.2) is 40.8 Å². The predicted octanol–water partition coefficient (Wildman–Crippen LogP) is 0.688. The van der Waals surface area contributed by atoms with Crippen molar-refractivity contribution in [3.63, 3.8) is 0 Å². The Kier molecular flexibility index (Phi) is 5.67. The molecule has 1 fully saturated rings. The van der Waals surface area contributed by atoms with E-state index < -0.39 is 27.3 Å². The molecule has 100 valence electrons. The lowest BCUT2D eigenvalue weighted by molar-refractivity contribution is 0.278. The van der Waals surface area contributed by atoms with E-state index >= 15 is 0 Å². The quantitative estimate of drug-likeness (QED) is 0.746. The van der Waals surface area contributed by atoms with E-state index in [0.717, 1.165) is 0 Å². The van der Waals surface area contributed by atoms with Crippen molar-refractivity contribution in [1.29, 1.82) is 0 Å². The molecule has 7 heteroatoms. The van der Waals surface area contributed by atoms with Gasteiger partial charge in [0.15, 0.2) is 0 Å². The Morgan fingerprint density at radius 3 is 2.50 bits per heavy atom. The van der Waals surface area contributed by atoms with Crippen molar-refractivity contribution < 1.29 is 18.1 Å². The first-order chi connectivity index (χ1) is 8.56. The summed E-state index contributed by atoms with van der Waals surface area (Å²) in [6.45, 7) is 6.76. The maximum absolute atomic E-state index is 12.2. The molecule has 1 aliphatic rings. The summed E-state index contributed by atoms with van der Waals surface area (Å²) in [5.74, 6) is 0. The van der Waals surface area contributed by atoms with Crippen LogP contribution in [0, 0.1) is 0 Å². The fraction of sp³-hybridized carbons (Fsp3) is 0.273. The van der Waals surface area contributed by atoms with Crippen LogP contribution in [0.15, 0.2) is 48.1 Å². The third-order valence-electron chi connectivity index (χ3n) is 2.35. The number of rotatable bonds is 4. The Labute approximate surface area is 111 Å². The summed E-state index contributed by atoms with van der Waals surface area (Å²) in [4.78, 5) is 0.359. The Hall–Kier alpha value is -1.02. The molecule has 1 rings (SSSR count). The van der Waals surface area contributed by atoms with Crippen LogP contribution >= 0.6 is 0 Å². The van der Waals surface area contributed by atoms with Crippen LogP contribution in [-0.2, 0) is 22.1 Å². The van der Waals surface area contributed by atoms with Crippen molar-refractivity contribution in [1.82, 2.24) is 4.31 Å². The fourth-order valence-electron chi connectivity index (χ4n) is 1.57. The van der Waals surface area contributed by atoms with Gasteiger partial charge in [0.2, 0.25) is 0 Å². The molecule has 0 aromatic carbocycles. The normalized spacial score (nSPS) is 30.4. The molecule has 0 aliphatic carbocycles. The smallest absolute Gasteiger partial charge is 0.261 e. The lowest BCUT2D eigenvalue weighted by Gasteiger charge is -2.33. The molecular weight excluding hydrogens is 274 g/mol. The molecule has 0 spiro atoms. The van der Waals surface area contributed by atoms with Crippen molar-refractivity contribution in [2.45, 2.75) is 5.25 Å². The lowest BCUT2D eigenvalue weighted by atomic mass is 10.3. The van der Waals surface area contributed by atoms with Crippen LogP contribution in [0.4, 0.5) is 0 Å². The number of nitrogens with zero attached hydrogens (tertiary/aromatic N) is 1. The van der Waals surface area contributed by atoms with E-state index in [0.29, 0.717) is 10.6 Å². The molecule has 0 amide bonds. The molecule has 2 N–H and O–H groups in total. The summed E-state index contributed by atoms with van der Waals surface area (Å²) in [7, 11) is -1.45. The zero-order valence-corrected chi connectivity index (χ0v) is 11.3.